The normalized spacial score (nSPS) is 19.6. The van der Waals surface area contributed by atoms with Crippen LogP contribution in [0.2, 0.25) is 0 Å². The Morgan fingerprint density at radius 2 is 2.04 bits per heavy atom. The van der Waals surface area contributed by atoms with E-state index in [-0.39, 0.29) is 12.2 Å². The van der Waals surface area contributed by atoms with E-state index in [1.807, 2.05) is 27.8 Å². The maximum atomic E-state index is 12.3. The van der Waals surface area contributed by atoms with Crippen LogP contribution in [0.4, 0.5) is 16.3 Å². The van der Waals surface area contributed by atoms with E-state index in [1.54, 1.807) is 22.9 Å². The SMILES string of the molecule is COC1CN(C(=O)OC(C)(C)C)CCN(c2c(N)cnn2C)C1. The number of methoxy groups -OCH3 is 1. The summed E-state index contributed by atoms with van der Waals surface area (Å²) in [6, 6.07) is 0. The number of aromatic nitrogens is 2. The molecule has 0 spiro atoms. The molecule has 0 saturated carbocycles. The van der Waals surface area contributed by atoms with Gasteiger partial charge < -0.3 is 25.0 Å². The molecule has 1 aliphatic heterocycles. The predicted molar refractivity (Wildman–Crippen MR) is 88.4 cm³/mol. The molecule has 1 aromatic rings. The molecule has 1 unspecified atom stereocenters. The zero-order valence-electron chi connectivity index (χ0n) is 14.6. The summed E-state index contributed by atoms with van der Waals surface area (Å²) in [6.07, 6.45) is 1.19. The largest absolute Gasteiger partial charge is 0.444 e. The second kappa shape index (κ2) is 6.66. The number of carbonyl (C=O) groups excluding carboxylic acids is 1. The van der Waals surface area contributed by atoms with Crippen LogP contribution in [0.3, 0.4) is 0 Å². The molecule has 1 atom stereocenters. The van der Waals surface area contributed by atoms with Crippen molar-refractivity contribution in [1.82, 2.24) is 14.7 Å². The van der Waals surface area contributed by atoms with E-state index >= 15 is 0 Å². The monoisotopic (exact) mass is 325 g/mol. The average molecular weight is 325 g/mol. The fourth-order valence-corrected chi connectivity index (χ4v) is 2.64. The van der Waals surface area contributed by atoms with Crippen molar-refractivity contribution in [2.45, 2.75) is 32.5 Å². The fourth-order valence-electron chi connectivity index (χ4n) is 2.64. The Morgan fingerprint density at radius 1 is 1.35 bits per heavy atom. The van der Waals surface area contributed by atoms with Crippen molar-refractivity contribution in [2.24, 2.45) is 7.05 Å². The van der Waals surface area contributed by atoms with Crippen molar-refractivity contribution in [3.8, 4) is 0 Å². The van der Waals surface area contributed by atoms with Crippen LogP contribution >= 0.6 is 0 Å². The molecule has 130 valence electrons. The van der Waals surface area contributed by atoms with E-state index < -0.39 is 5.60 Å². The van der Waals surface area contributed by atoms with E-state index in [2.05, 4.69) is 10.00 Å². The summed E-state index contributed by atoms with van der Waals surface area (Å²) < 4.78 is 12.7. The molecule has 2 rings (SSSR count). The second-order valence-corrected chi connectivity index (χ2v) is 6.78. The van der Waals surface area contributed by atoms with E-state index in [1.165, 1.54) is 0 Å². The number of aryl methyl sites for hydroxylation is 1. The van der Waals surface area contributed by atoms with Gasteiger partial charge in [0.1, 0.15) is 11.4 Å². The highest BCUT2D eigenvalue weighted by molar-refractivity contribution is 5.69. The average Bonchev–Trinajstić information content (AvgIpc) is 2.67. The van der Waals surface area contributed by atoms with Crippen LogP contribution < -0.4 is 10.6 Å². The van der Waals surface area contributed by atoms with E-state index in [0.717, 1.165) is 5.82 Å². The number of rotatable bonds is 2. The Labute approximate surface area is 137 Å². The number of amides is 1. The summed E-state index contributed by atoms with van der Waals surface area (Å²) >= 11 is 0. The first-order valence-electron chi connectivity index (χ1n) is 7.74. The van der Waals surface area contributed by atoms with Crippen LogP contribution in [0, 0.1) is 0 Å². The second-order valence-electron chi connectivity index (χ2n) is 6.78. The Balaban J connectivity index is 2.14. The summed E-state index contributed by atoms with van der Waals surface area (Å²) in [5, 5.41) is 4.18. The van der Waals surface area contributed by atoms with Crippen molar-refractivity contribution < 1.29 is 14.3 Å². The van der Waals surface area contributed by atoms with Crippen LogP contribution in [0.25, 0.3) is 0 Å². The van der Waals surface area contributed by atoms with Crippen LogP contribution in [-0.4, -0.2) is 65.8 Å². The lowest BCUT2D eigenvalue weighted by Crippen LogP contribution is -2.41. The molecule has 0 aliphatic carbocycles. The molecule has 0 aromatic carbocycles. The zero-order chi connectivity index (χ0) is 17.2. The third-order valence-corrected chi connectivity index (χ3v) is 3.71. The molecule has 2 heterocycles. The summed E-state index contributed by atoms with van der Waals surface area (Å²) in [5.41, 5.74) is 6.12. The number of nitrogen functional groups attached to an aromatic ring is 1. The van der Waals surface area contributed by atoms with Crippen LogP contribution in [0.15, 0.2) is 6.20 Å². The Hall–Kier alpha value is -1.96. The molecule has 1 aliphatic rings. The highest BCUT2D eigenvalue weighted by Crippen LogP contribution is 2.24. The van der Waals surface area contributed by atoms with Gasteiger partial charge in [0, 0.05) is 33.8 Å². The van der Waals surface area contributed by atoms with Crippen LogP contribution in [0.5, 0.6) is 0 Å². The molecule has 8 heteroatoms. The lowest BCUT2D eigenvalue weighted by molar-refractivity contribution is 0.0138. The van der Waals surface area contributed by atoms with Crippen molar-refractivity contribution in [1.29, 1.82) is 0 Å². The van der Waals surface area contributed by atoms with Crippen LogP contribution in [-0.2, 0) is 16.5 Å². The first kappa shape index (κ1) is 17.4. The molecule has 0 radical (unpaired) electrons. The molecule has 1 aromatic heterocycles. The number of ether oxygens (including phenoxy) is 2. The highest BCUT2D eigenvalue weighted by atomic mass is 16.6. The summed E-state index contributed by atoms with van der Waals surface area (Å²) in [7, 11) is 3.50. The smallest absolute Gasteiger partial charge is 0.410 e. The number of nitrogens with two attached hydrogens (primary N) is 1. The first-order valence-corrected chi connectivity index (χ1v) is 7.74. The van der Waals surface area contributed by atoms with Gasteiger partial charge in [-0.15, -0.1) is 0 Å². The van der Waals surface area contributed by atoms with Gasteiger partial charge in [-0.25, -0.2) is 4.79 Å². The molecule has 1 saturated heterocycles. The lowest BCUT2D eigenvalue weighted by Gasteiger charge is -2.27. The number of anilines is 2. The summed E-state index contributed by atoms with van der Waals surface area (Å²) in [4.78, 5) is 16.1. The molecule has 1 fully saturated rings. The Bertz CT molecular complexity index is 532. The molecule has 1 amide bonds. The third kappa shape index (κ3) is 4.28. The van der Waals surface area contributed by atoms with Gasteiger partial charge in [0.15, 0.2) is 0 Å². The Morgan fingerprint density at radius 3 is 2.57 bits per heavy atom. The standard InChI is InChI=1S/C15H27N5O3/c1-15(2,3)23-14(21)20-7-6-19(9-11(10-20)22-5)13-12(16)8-17-18(13)4/h8,11H,6-7,9-10,16H2,1-5H3. The maximum Gasteiger partial charge on any atom is 0.410 e. The predicted octanol–water partition coefficient (Wildman–Crippen LogP) is 1.07. The topological polar surface area (TPSA) is 85.8 Å². The van der Waals surface area contributed by atoms with E-state index in [0.29, 0.717) is 31.9 Å². The number of nitrogens with zero attached hydrogens (tertiary/aromatic N) is 4. The quantitative estimate of drug-likeness (QED) is 0.875. The number of hydrogen-bond donors (Lipinski definition) is 1. The molecule has 23 heavy (non-hydrogen) atoms. The Kier molecular flexibility index (Phi) is 5.03. The van der Waals surface area contributed by atoms with Crippen molar-refractivity contribution in [3.05, 3.63) is 6.20 Å². The molecular weight excluding hydrogens is 298 g/mol. The molecule has 2 N–H and O–H groups in total. The highest BCUT2D eigenvalue weighted by Gasteiger charge is 2.30. The fraction of sp³-hybridized carbons (Fsp3) is 0.733. The zero-order valence-corrected chi connectivity index (χ0v) is 14.6. The number of hydrogen-bond acceptors (Lipinski definition) is 6. The summed E-state index contributed by atoms with van der Waals surface area (Å²) in [6.45, 7) is 7.89. The van der Waals surface area contributed by atoms with Gasteiger partial charge in [-0.2, -0.15) is 5.10 Å². The minimum atomic E-state index is -0.516. The maximum absolute atomic E-state index is 12.3. The van der Waals surface area contributed by atoms with Crippen molar-refractivity contribution in [2.75, 3.05) is 43.9 Å². The van der Waals surface area contributed by atoms with E-state index in [4.69, 9.17) is 15.2 Å². The molecule has 0 bridgehead atoms. The van der Waals surface area contributed by atoms with E-state index in [9.17, 15) is 4.79 Å². The number of carbonyl (C=O) groups is 1. The van der Waals surface area contributed by atoms with Gasteiger partial charge in [0.05, 0.1) is 24.5 Å². The minimum Gasteiger partial charge on any atom is -0.444 e. The van der Waals surface area contributed by atoms with Gasteiger partial charge >= 0.3 is 6.09 Å². The first-order chi connectivity index (χ1) is 10.7. The molecular formula is C15H27N5O3. The minimum absolute atomic E-state index is 0.126. The van der Waals surface area contributed by atoms with Gasteiger partial charge in [-0.3, -0.25) is 4.68 Å². The van der Waals surface area contributed by atoms with Gasteiger partial charge in [0.25, 0.3) is 0 Å². The summed E-state index contributed by atoms with van der Waals surface area (Å²) in [5.74, 6) is 0.845. The molecule has 8 nitrogen and oxygen atoms in total. The van der Waals surface area contributed by atoms with Crippen LogP contribution in [0.1, 0.15) is 20.8 Å². The third-order valence-electron chi connectivity index (χ3n) is 3.71. The lowest BCUT2D eigenvalue weighted by atomic mass is 10.2. The van der Waals surface area contributed by atoms with Crippen molar-refractivity contribution in [3.63, 3.8) is 0 Å². The van der Waals surface area contributed by atoms with Gasteiger partial charge in [-0.1, -0.05) is 0 Å². The van der Waals surface area contributed by atoms with Crippen molar-refractivity contribution >= 4 is 17.6 Å². The van der Waals surface area contributed by atoms with Gasteiger partial charge in [0.2, 0.25) is 0 Å². The van der Waals surface area contributed by atoms with Gasteiger partial charge in [-0.05, 0) is 20.8 Å².